The van der Waals surface area contributed by atoms with Gasteiger partial charge in [-0.3, -0.25) is 0 Å². The molecule has 0 aliphatic carbocycles. The van der Waals surface area contributed by atoms with Crippen molar-refractivity contribution in [3.8, 4) is 22.9 Å². The van der Waals surface area contributed by atoms with Gasteiger partial charge in [-0.1, -0.05) is 15.9 Å². The minimum absolute atomic E-state index is 0.290. The maximum Gasteiger partial charge on any atom is 0.417 e. The second kappa shape index (κ2) is 7.98. The highest BCUT2D eigenvalue weighted by atomic mass is 79.9. The molecule has 2 aromatic carbocycles. The Kier molecular flexibility index (Phi) is 5.75. The number of alkyl halides is 3. The standard InChI is InChI=1S/C19H8BrF6NO3/c20-9-1-2-15(13(23)5-9)30-17-16(18(28)29)12(19(24,25)26)7-14(27-17)8-3-10(21)6-11(22)4-8/h1-7H,(H,28,29). The quantitative estimate of drug-likeness (QED) is 0.426. The summed E-state index contributed by atoms with van der Waals surface area (Å²) < 4.78 is 87.1. The molecule has 0 fully saturated rings. The zero-order valence-electron chi connectivity index (χ0n) is 14.4. The van der Waals surface area contributed by atoms with E-state index in [4.69, 9.17) is 4.74 Å². The first-order valence-corrected chi connectivity index (χ1v) is 8.70. The zero-order valence-corrected chi connectivity index (χ0v) is 16.0. The van der Waals surface area contributed by atoms with E-state index in [0.717, 1.165) is 12.1 Å². The van der Waals surface area contributed by atoms with Crippen molar-refractivity contribution in [1.82, 2.24) is 4.98 Å². The van der Waals surface area contributed by atoms with Crippen molar-refractivity contribution in [2.75, 3.05) is 0 Å². The van der Waals surface area contributed by atoms with E-state index in [0.29, 0.717) is 28.7 Å². The molecular weight excluding hydrogens is 484 g/mol. The predicted molar refractivity (Wildman–Crippen MR) is 95.7 cm³/mol. The average molecular weight is 492 g/mol. The number of benzene rings is 2. The van der Waals surface area contributed by atoms with E-state index in [2.05, 4.69) is 20.9 Å². The number of carboxylic acid groups (broad SMARTS) is 1. The summed E-state index contributed by atoms with van der Waals surface area (Å²) in [6.07, 6.45) is -5.19. The third kappa shape index (κ3) is 4.56. The van der Waals surface area contributed by atoms with Crippen LogP contribution in [0.15, 0.2) is 46.9 Å². The van der Waals surface area contributed by atoms with E-state index >= 15 is 0 Å². The highest BCUT2D eigenvalue weighted by Crippen LogP contribution is 2.40. The molecule has 3 rings (SSSR count). The molecule has 156 valence electrons. The Labute approximate surface area is 172 Å². The molecule has 1 aromatic heterocycles. The van der Waals surface area contributed by atoms with Crippen LogP contribution in [0.4, 0.5) is 26.3 Å². The van der Waals surface area contributed by atoms with Crippen LogP contribution < -0.4 is 4.74 Å². The van der Waals surface area contributed by atoms with E-state index in [1.54, 1.807) is 0 Å². The summed E-state index contributed by atoms with van der Waals surface area (Å²) in [5.74, 6) is -6.95. The van der Waals surface area contributed by atoms with Gasteiger partial charge < -0.3 is 9.84 Å². The molecular formula is C19H8BrF6NO3. The smallest absolute Gasteiger partial charge is 0.417 e. The molecule has 3 aromatic rings. The van der Waals surface area contributed by atoms with Crippen molar-refractivity contribution in [2.24, 2.45) is 0 Å². The van der Waals surface area contributed by atoms with Gasteiger partial charge in [0.2, 0.25) is 5.88 Å². The lowest BCUT2D eigenvalue weighted by molar-refractivity contribution is -0.138. The Morgan fingerprint density at radius 1 is 1.00 bits per heavy atom. The van der Waals surface area contributed by atoms with Crippen LogP contribution in [0, 0.1) is 17.5 Å². The molecule has 4 nitrogen and oxygen atoms in total. The molecule has 0 saturated carbocycles. The van der Waals surface area contributed by atoms with Crippen LogP contribution in [0.3, 0.4) is 0 Å². The van der Waals surface area contributed by atoms with E-state index < -0.39 is 63.6 Å². The fourth-order valence-corrected chi connectivity index (χ4v) is 2.87. The van der Waals surface area contributed by atoms with Gasteiger partial charge in [0.05, 0.1) is 11.3 Å². The minimum Gasteiger partial charge on any atom is -0.477 e. The summed E-state index contributed by atoms with van der Waals surface area (Å²) >= 11 is 2.99. The van der Waals surface area contributed by atoms with Crippen LogP contribution in [-0.4, -0.2) is 16.1 Å². The van der Waals surface area contributed by atoms with Gasteiger partial charge in [0.1, 0.15) is 17.2 Å². The molecule has 11 heteroatoms. The molecule has 0 aliphatic heterocycles. The van der Waals surface area contributed by atoms with E-state index in [-0.39, 0.29) is 0 Å². The SMILES string of the molecule is O=C(O)c1c(C(F)(F)F)cc(-c2cc(F)cc(F)c2)nc1Oc1ccc(Br)cc1F. The molecule has 0 saturated heterocycles. The first kappa shape index (κ1) is 21.6. The average Bonchev–Trinajstić information content (AvgIpc) is 2.61. The number of ether oxygens (including phenoxy) is 1. The molecule has 0 bridgehead atoms. The maximum atomic E-state index is 14.1. The number of hydrogen-bond acceptors (Lipinski definition) is 3. The second-order valence-electron chi connectivity index (χ2n) is 5.87. The van der Waals surface area contributed by atoms with Gasteiger partial charge in [-0.05, 0) is 36.4 Å². The molecule has 1 heterocycles. The Balaban J connectivity index is 2.28. The summed E-state index contributed by atoms with van der Waals surface area (Å²) in [7, 11) is 0. The Hall–Kier alpha value is -3.08. The number of halogens is 7. The lowest BCUT2D eigenvalue weighted by Gasteiger charge is -2.16. The molecule has 0 atom stereocenters. The highest BCUT2D eigenvalue weighted by molar-refractivity contribution is 9.10. The van der Waals surface area contributed by atoms with Crippen molar-refractivity contribution in [2.45, 2.75) is 6.18 Å². The summed E-state index contributed by atoms with van der Waals surface area (Å²) in [6, 6.07) is 5.50. The van der Waals surface area contributed by atoms with Gasteiger partial charge in [-0.15, -0.1) is 0 Å². The number of carbonyl (C=O) groups is 1. The lowest BCUT2D eigenvalue weighted by atomic mass is 10.0. The molecule has 30 heavy (non-hydrogen) atoms. The van der Waals surface area contributed by atoms with Crippen molar-refractivity contribution in [3.63, 3.8) is 0 Å². The number of aromatic nitrogens is 1. The van der Waals surface area contributed by atoms with Crippen molar-refractivity contribution >= 4 is 21.9 Å². The lowest BCUT2D eigenvalue weighted by Crippen LogP contribution is -2.16. The Morgan fingerprint density at radius 2 is 1.63 bits per heavy atom. The number of hydrogen-bond donors (Lipinski definition) is 1. The fraction of sp³-hybridized carbons (Fsp3) is 0.0526. The monoisotopic (exact) mass is 491 g/mol. The van der Waals surface area contributed by atoms with Gasteiger partial charge in [0, 0.05) is 16.1 Å². The number of pyridine rings is 1. The van der Waals surface area contributed by atoms with Crippen LogP contribution in [0.5, 0.6) is 11.6 Å². The number of rotatable bonds is 4. The molecule has 0 unspecified atom stereocenters. The first-order chi connectivity index (χ1) is 14.0. The van der Waals surface area contributed by atoms with Gasteiger partial charge in [-0.2, -0.15) is 13.2 Å². The Morgan fingerprint density at radius 3 is 2.17 bits per heavy atom. The maximum absolute atomic E-state index is 14.1. The summed E-state index contributed by atoms with van der Waals surface area (Å²) in [4.78, 5) is 15.2. The van der Waals surface area contributed by atoms with Crippen LogP contribution in [0.1, 0.15) is 15.9 Å². The third-order valence-corrected chi connectivity index (χ3v) is 4.26. The predicted octanol–water partition coefficient (Wildman–Crippen LogP) is 6.44. The topological polar surface area (TPSA) is 59.4 Å². The Bertz CT molecular complexity index is 1130. The molecule has 0 aliphatic rings. The van der Waals surface area contributed by atoms with Crippen LogP contribution in [-0.2, 0) is 6.18 Å². The van der Waals surface area contributed by atoms with Gasteiger partial charge in [0.25, 0.3) is 0 Å². The van der Waals surface area contributed by atoms with Gasteiger partial charge >= 0.3 is 12.1 Å². The summed E-state index contributed by atoms with van der Waals surface area (Å²) in [5, 5.41) is 9.31. The van der Waals surface area contributed by atoms with Gasteiger partial charge in [-0.25, -0.2) is 22.9 Å². The molecule has 1 N–H and O–H groups in total. The number of nitrogens with zero attached hydrogens (tertiary/aromatic N) is 1. The number of aromatic carboxylic acids is 1. The number of carboxylic acids is 1. The molecule has 0 amide bonds. The van der Waals surface area contributed by atoms with Crippen LogP contribution in [0.25, 0.3) is 11.3 Å². The summed E-state index contributed by atoms with van der Waals surface area (Å²) in [6.45, 7) is 0. The minimum atomic E-state index is -5.19. The second-order valence-corrected chi connectivity index (χ2v) is 6.79. The normalized spacial score (nSPS) is 11.4. The van der Waals surface area contributed by atoms with Crippen LogP contribution in [0.2, 0.25) is 0 Å². The van der Waals surface area contributed by atoms with E-state index in [9.17, 15) is 36.2 Å². The summed E-state index contributed by atoms with van der Waals surface area (Å²) in [5.41, 5.74) is -4.10. The van der Waals surface area contributed by atoms with Crippen LogP contribution >= 0.6 is 15.9 Å². The molecule has 0 spiro atoms. The van der Waals surface area contributed by atoms with E-state index in [1.165, 1.54) is 6.07 Å². The highest BCUT2D eigenvalue weighted by Gasteiger charge is 2.39. The fourth-order valence-electron chi connectivity index (χ4n) is 2.54. The van der Waals surface area contributed by atoms with Crippen molar-refractivity contribution in [3.05, 3.63) is 75.5 Å². The van der Waals surface area contributed by atoms with Crippen molar-refractivity contribution in [1.29, 1.82) is 0 Å². The largest absolute Gasteiger partial charge is 0.477 e. The van der Waals surface area contributed by atoms with E-state index in [1.807, 2.05) is 0 Å². The van der Waals surface area contributed by atoms with Crippen molar-refractivity contribution < 1.29 is 41.0 Å². The first-order valence-electron chi connectivity index (χ1n) is 7.90. The van der Waals surface area contributed by atoms with Gasteiger partial charge in [0.15, 0.2) is 11.6 Å². The molecule has 0 radical (unpaired) electrons. The zero-order chi connectivity index (χ0) is 22.2. The third-order valence-electron chi connectivity index (χ3n) is 3.76.